The highest BCUT2D eigenvalue weighted by atomic mass is 16.1. The zero-order valence-electron chi connectivity index (χ0n) is 10.1. The molecule has 2 heteroatoms. The van der Waals surface area contributed by atoms with Crippen molar-refractivity contribution in [1.82, 2.24) is 5.32 Å². The van der Waals surface area contributed by atoms with Crippen LogP contribution in [-0.2, 0) is 4.79 Å². The van der Waals surface area contributed by atoms with Gasteiger partial charge in [-0.3, -0.25) is 4.79 Å². The Labute approximate surface area is 98.2 Å². The van der Waals surface area contributed by atoms with E-state index in [2.05, 4.69) is 5.32 Å². The molecule has 0 aromatic rings. The summed E-state index contributed by atoms with van der Waals surface area (Å²) in [5, 5.41) is 3.59. The molecule has 3 unspecified atom stereocenters. The van der Waals surface area contributed by atoms with Crippen LogP contribution < -0.4 is 5.32 Å². The molecule has 1 heterocycles. The fourth-order valence-corrected chi connectivity index (χ4v) is 4.16. The van der Waals surface area contributed by atoms with Crippen LogP contribution in [0.1, 0.15) is 51.4 Å². The lowest BCUT2D eigenvalue weighted by Gasteiger charge is -2.19. The second-order valence-electron chi connectivity index (χ2n) is 6.02. The zero-order chi connectivity index (χ0) is 11.0. The summed E-state index contributed by atoms with van der Waals surface area (Å²) in [7, 11) is 0. The molecule has 2 saturated carbocycles. The molecule has 0 spiro atoms. The maximum atomic E-state index is 12.1. The first-order valence-electron chi connectivity index (χ1n) is 7.10. The van der Waals surface area contributed by atoms with Crippen LogP contribution in [0.3, 0.4) is 0 Å². The van der Waals surface area contributed by atoms with Gasteiger partial charge in [0.1, 0.15) is 5.78 Å². The molecular formula is C14H23NO. The Morgan fingerprint density at radius 2 is 1.88 bits per heavy atom. The molecule has 0 aromatic heterocycles. The third kappa shape index (κ3) is 1.92. The second-order valence-corrected chi connectivity index (χ2v) is 6.02. The van der Waals surface area contributed by atoms with Crippen molar-refractivity contribution in [3.63, 3.8) is 0 Å². The first-order valence-corrected chi connectivity index (χ1v) is 7.10. The Hall–Kier alpha value is -0.370. The quantitative estimate of drug-likeness (QED) is 0.793. The van der Waals surface area contributed by atoms with Gasteiger partial charge in [0.15, 0.2) is 0 Å². The van der Waals surface area contributed by atoms with Crippen LogP contribution in [0, 0.1) is 17.8 Å². The number of hydrogen-bond donors (Lipinski definition) is 1. The highest BCUT2D eigenvalue weighted by Crippen LogP contribution is 2.39. The third-order valence-electron chi connectivity index (χ3n) is 5.11. The van der Waals surface area contributed by atoms with E-state index in [4.69, 9.17) is 0 Å². The first-order chi connectivity index (χ1) is 7.84. The molecule has 0 radical (unpaired) electrons. The van der Waals surface area contributed by atoms with Crippen molar-refractivity contribution < 1.29 is 4.79 Å². The number of carbonyl (C=O) groups excluding carboxylic acids is 1. The molecule has 90 valence electrons. The Morgan fingerprint density at radius 3 is 2.69 bits per heavy atom. The standard InChI is InChI=1S/C14H23NO/c16-14(10-4-1-2-5-10)8-13-12-7-3-6-11(12)9-15-13/h10-13,15H,1-9H2. The minimum atomic E-state index is 0.419. The maximum absolute atomic E-state index is 12.1. The molecule has 1 N–H and O–H groups in total. The van der Waals surface area contributed by atoms with E-state index < -0.39 is 0 Å². The minimum absolute atomic E-state index is 0.419. The Balaban J connectivity index is 1.56. The van der Waals surface area contributed by atoms with Crippen molar-refractivity contribution in [3.8, 4) is 0 Å². The molecule has 0 amide bonds. The van der Waals surface area contributed by atoms with Crippen molar-refractivity contribution in [2.45, 2.75) is 57.4 Å². The van der Waals surface area contributed by atoms with Gasteiger partial charge in [0.25, 0.3) is 0 Å². The molecule has 3 rings (SSSR count). The van der Waals surface area contributed by atoms with Crippen LogP contribution in [0.2, 0.25) is 0 Å². The van der Waals surface area contributed by atoms with Gasteiger partial charge in [-0.15, -0.1) is 0 Å². The summed E-state index contributed by atoms with van der Waals surface area (Å²) in [5.41, 5.74) is 0. The van der Waals surface area contributed by atoms with E-state index in [9.17, 15) is 4.79 Å². The Kier molecular flexibility index (Phi) is 3.01. The van der Waals surface area contributed by atoms with E-state index in [1.54, 1.807) is 0 Å². The predicted molar refractivity (Wildman–Crippen MR) is 64.2 cm³/mol. The number of Topliss-reactive ketones (excluding diaryl/α,β-unsaturated/α-hetero) is 1. The molecule has 0 bridgehead atoms. The van der Waals surface area contributed by atoms with Gasteiger partial charge in [-0.25, -0.2) is 0 Å². The molecule has 2 nitrogen and oxygen atoms in total. The SMILES string of the molecule is O=C(CC1NCC2CCCC21)C1CCCC1. The molecular weight excluding hydrogens is 198 g/mol. The number of rotatable bonds is 3. The summed E-state index contributed by atoms with van der Waals surface area (Å²) < 4.78 is 0. The number of ketones is 1. The largest absolute Gasteiger partial charge is 0.313 e. The molecule has 3 aliphatic rings. The van der Waals surface area contributed by atoms with Crippen molar-refractivity contribution >= 4 is 5.78 Å². The third-order valence-corrected chi connectivity index (χ3v) is 5.11. The fourth-order valence-electron chi connectivity index (χ4n) is 4.16. The summed E-state index contributed by atoms with van der Waals surface area (Å²) in [6, 6.07) is 0.528. The van der Waals surface area contributed by atoms with Gasteiger partial charge < -0.3 is 5.32 Å². The summed E-state index contributed by atoms with van der Waals surface area (Å²) in [6.45, 7) is 1.17. The highest BCUT2D eigenvalue weighted by molar-refractivity contribution is 5.81. The number of nitrogens with one attached hydrogen (secondary N) is 1. The van der Waals surface area contributed by atoms with Gasteiger partial charge in [0.05, 0.1) is 0 Å². The van der Waals surface area contributed by atoms with Gasteiger partial charge in [-0.05, 0) is 44.1 Å². The van der Waals surface area contributed by atoms with Crippen LogP contribution in [0.25, 0.3) is 0 Å². The molecule has 1 saturated heterocycles. The topological polar surface area (TPSA) is 29.1 Å². The number of fused-ring (bicyclic) bond motifs is 1. The zero-order valence-corrected chi connectivity index (χ0v) is 10.1. The van der Waals surface area contributed by atoms with E-state index in [0.29, 0.717) is 17.7 Å². The maximum Gasteiger partial charge on any atom is 0.137 e. The summed E-state index contributed by atoms with van der Waals surface area (Å²) >= 11 is 0. The van der Waals surface area contributed by atoms with Gasteiger partial charge in [0.2, 0.25) is 0 Å². The van der Waals surface area contributed by atoms with Gasteiger partial charge in [-0.2, -0.15) is 0 Å². The van der Waals surface area contributed by atoms with Gasteiger partial charge >= 0.3 is 0 Å². The minimum Gasteiger partial charge on any atom is -0.313 e. The summed E-state index contributed by atoms with van der Waals surface area (Å²) in [6.07, 6.45) is 9.86. The molecule has 3 atom stereocenters. The van der Waals surface area contributed by atoms with Crippen LogP contribution in [0.5, 0.6) is 0 Å². The fraction of sp³-hybridized carbons (Fsp3) is 0.929. The second kappa shape index (κ2) is 4.48. The average Bonchev–Trinajstić information content (AvgIpc) is 2.94. The molecule has 2 aliphatic carbocycles. The van der Waals surface area contributed by atoms with Gasteiger partial charge in [0, 0.05) is 18.4 Å². The molecule has 0 aromatic carbocycles. The Bertz CT molecular complexity index is 270. The molecule has 3 fully saturated rings. The molecule has 16 heavy (non-hydrogen) atoms. The average molecular weight is 221 g/mol. The van der Waals surface area contributed by atoms with Crippen LogP contribution in [0.15, 0.2) is 0 Å². The van der Waals surface area contributed by atoms with E-state index >= 15 is 0 Å². The first kappa shape index (κ1) is 10.8. The van der Waals surface area contributed by atoms with Gasteiger partial charge in [-0.1, -0.05) is 19.3 Å². The number of carbonyl (C=O) groups is 1. The number of hydrogen-bond acceptors (Lipinski definition) is 2. The lowest BCUT2D eigenvalue weighted by atomic mass is 9.88. The van der Waals surface area contributed by atoms with Crippen molar-refractivity contribution in [2.75, 3.05) is 6.54 Å². The summed E-state index contributed by atoms with van der Waals surface area (Å²) in [5.74, 6) is 2.69. The van der Waals surface area contributed by atoms with Crippen molar-refractivity contribution in [1.29, 1.82) is 0 Å². The van der Waals surface area contributed by atoms with Crippen molar-refractivity contribution in [3.05, 3.63) is 0 Å². The van der Waals surface area contributed by atoms with E-state index in [-0.39, 0.29) is 0 Å². The molecule has 1 aliphatic heterocycles. The van der Waals surface area contributed by atoms with Crippen LogP contribution >= 0.6 is 0 Å². The normalized spacial score (nSPS) is 39.1. The smallest absolute Gasteiger partial charge is 0.137 e. The van der Waals surface area contributed by atoms with Crippen LogP contribution in [-0.4, -0.2) is 18.4 Å². The van der Waals surface area contributed by atoms with Crippen molar-refractivity contribution in [2.24, 2.45) is 17.8 Å². The van der Waals surface area contributed by atoms with E-state index in [1.165, 1.54) is 51.5 Å². The van der Waals surface area contributed by atoms with E-state index in [1.807, 2.05) is 0 Å². The van der Waals surface area contributed by atoms with E-state index in [0.717, 1.165) is 18.3 Å². The monoisotopic (exact) mass is 221 g/mol. The Morgan fingerprint density at radius 1 is 1.06 bits per heavy atom. The lowest BCUT2D eigenvalue weighted by molar-refractivity contribution is -0.123. The highest BCUT2D eigenvalue weighted by Gasteiger charge is 2.40. The summed E-state index contributed by atoms with van der Waals surface area (Å²) in [4.78, 5) is 12.1. The van der Waals surface area contributed by atoms with Crippen LogP contribution in [0.4, 0.5) is 0 Å². The lowest BCUT2D eigenvalue weighted by Crippen LogP contribution is -2.31. The predicted octanol–water partition coefficient (Wildman–Crippen LogP) is 2.52.